The van der Waals surface area contributed by atoms with E-state index in [4.69, 9.17) is 8.53 Å². The van der Waals surface area contributed by atoms with E-state index < -0.39 is 14.9 Å². The molecule has 0 aliphatic rings. The summed E-state index contributed by atoms with van der Waals surface area (Å²) in [6.07, 6.45) is 1.48. The Morgan fingerprint density at radius 2 is 1.61 bits per heavy atom. The molecule has 0 saturated heterocycles. The average Bonchev–Trinajstić information content (AvgIpc) is 3.31. The highest BCUT2D eigenvalue weighted by molar-refractivity contribution is 7.00. The number of furan rings is 1. The van der Waals surface area contributed by atoms with Crippen molar-refractivity contribution in [3.8, 4) is 22.4 Å². The van der Waals surface area contributed by atoms with Gasteiger partial charge in [0.25, 0.3) is 0 Å². The third kappa shape index (κ3) is 3.75. The second-order valence-electron chi connectivity index (χ2n) is 9.61. The molecule has 6 rings (SSSR count). The summed E-state index contributed by atoms with van der Waals surface area (Å²) in [6.45, 7) is 1.84. The molecule has 4 aromatic carbocycles. The molecule has 4 heteroatoms. The second-order valence-corrected chi connectivity index (χ2v) is 14.0. The fourth-order valence-corrected chi connectivity index (χ4v) is 7.50. The maximum Gasteiger partial charge on any atom is 0.144 e. The van der Waals surface area contributed by atoms with E-state index in [1.54, 1.807) is 12.1 Å². The molecule has 36 heavy (non-hydrogen) atoms. The predicted octanol–water partition coefficient (Wildman–Crippen LogP) is 7.59. The van der Waals surface area contributed by atoms with Crippen LogP contribution >= 0.6 is 0 Å². The van der Waals surface area contributed by atoms with Gasteiger partial charge >= 0.3 is 0 Å². The summed E-state index contributed by atoms with van der Waals surface area (Å²) in [5.74, 6) is -0.318. The quantitative estimate of drug-likeness (QED) is 0.238. The summed E-state index contributed by atoms with van der Waals surface area (Å²) in [6, 6.07) is 30.6. The lowest BCUT2D eigenvalue weighted by Gasteiger charge is -2.26. The van der Waals surface area contributed by atoms with Crippen LogP contribution in [0.3, 0.4) is 0 Å². The molecule has 2 heterocycles. The van der Waals surface area contributed by atoms with Gasteiger partial charge in [-0.3, -0.25) is 4.98 Å². The number of nitrogens with zero attached hydrogens (tertiary/aromatic N) is 1. The van der Waals surface area contributed by atoms with Gasteiger partial charge in [0.15, 0.2) is 0 Å². The molecule has 176 valence electrons. The van der Waals surface area contributed by atoms with E-state index in [9.17, 15) is 4.39 Å². The van der Waals surface area contributed by atoms with Crippen molar-refractivity contribution in [1.29, 1.82) is 0 Å². The number of pyridine rings is 1. The maximum atomic E-state index is 13.7. The summed E-state index contributed by atoms with van der Waals surface area (Å²) in [5, 5.41) is 3.67. The number of rotatable bonds is 4. The van der Waals surface area contributed by atoms with Gasteiger partial charge in [0.1, 0.15) is 25.1 Å². The average molecular weight is 491 g/mol. The van der Waals surface area contributed by atoms with Gasteiger partial charge in [0, 0.05) is 26.6 Å². The zero-order chi connectivity index (χ0) is 27.4. The number of hydrogen-bond donors (Lipinski definition) is 0. The summed E-state index contributed by atoms with van der Waals surface area (Å²) >= 11 is 0. The van der Waals surface area contributed by atoms with Gasteiger partial charge in [0.2, 0.25) is 0 Å². The molecule has 2 aromatic heterocycles. The number of fused-ring (bicyclic) bond motifs is 3. The van der Waals surface area contributed by atoms with Crippen LogP contribution in [0.1, 0.15) is 9.68 Å². The first-order valence-electron chi connectivity index (χ1n) is 13.4. The van der Waals surface area contributed by atoms with E-state index in [-0.39, 0.29) is 11.4 Å². The molecule has 0 atom stereocenters. The van der Waals surface area contributed by atoms with Crippen LogP contribution in [0.25, 0.3) is 44.3 Å². The monoisotopic (exact) mass is 490 g/mol. The van der Waals surface area contributed by atoms with Crippen LogP contribution < -0.4 is 10.4 Å². The zero-order valence-corrected chi connectivity index (χ0v) is 21.0. The maximum absolute atomic E-state index is 13.7. The molecule has 0 fully saturated rings. The number of para-hydroxylation sites is 1. The van der Waals surface area contributed by atoms with E-state index in [1.807, 2.05) is 42.5 Å². The fourth-order valence-electron chi connectivity index (χ4n) is 4.95. The molecule has 0 N–H and O–H groups in total. The van der Waals surface area contributed by atoms with Crippen molar-refractivity contribution in [2.75, 3.05) is 0 Å². The minimum Gasteiger partial charge on any atom is -0.455 e. The second kappa shape index (κ2) is 8.57. The smallest absolute Gasteiger partial charge is 0.144 e. The first-order chi connectivity index (χ1) is 18.6. The van der Waals surface area contributed by atoms with Crippen molar-refractivity contribution in [1.82, 2.24) is 4.98 Å². The van der Waals surface area contributed by atoms with Crippen molar-refractivity contribution in [2.24, 2.45) is 0 Å². The Labute approximate surface area is 215 Å². The van der Waals surface area contributed by atoms with Gasteiger partial charge in [-0.1, -0.05) is 78.9 Å². The summed E-state index contributed by atoms with van der Waals surface area (Å²) in [5.41, 5.74) is 5.34. The van der Waals surface area contributed by atoms with Crippen molar-refractivity contribution >= 4 is 40.4 Å². The first kappa shape index (κ1) is 19.2. The third-order valence-electron chi connectivity index (χ3n) is 7.03. The highest BCUT2D eigenvalue weighted by Gasteiger charge is 2.28. The van der Waals surface area contributed by atoms with E-state index in [1.165, 1.54) is 18.3 Å². The molecule has 0 aliphatic carbocycles. The Hall–Kier alpha value is -4.02. The third-order valence-corrected chi connectivity index (χ3v) is 10.6. The van der Waals surface area contributed by atoms with Gasteiger partial charge in [0.05, 0.1) is 5.69 Å². The Balaban J connectivity index is 1.53. The van der Waals surface area contributed by atoms with Gasteiger partial charge < -0.3 is 4.42 Å². The summed E-state index contributed by atoms with van der Waals surface area (Å²) in [7, 11) is -2.54. The number of aryl methyl sites for hydroxylation is 1. The lowest BCUT2D eigenvalue weighted by molar-refractivity contribution is 0.628. The molecule has 0 aliphatic heterocycles. The number of hydrogen-bond acceptors (Lipinski definition) is 2. The van der Waals surface area contributed by atoms with Crippen molar-refractivity contribution in [3.05, 3.63) is 115 Å². The molecule has 2 nitrogen and oxygen atoms in total. The number of aromatic nitrogens is 1. The minimum atomic E-state index is -2.54. The molecule has 0 bridgehead atoms. The normalized spacial score (nSPS) is 13.5. The largest absolute Gasteiger partial charge is 0.455 e. The van der Waals surface area contributed by atoms with Crippen LogP contribution in [0.2, 0.25) is 13.1 Å². The molecule has 6 aromatic rings. The lowest BCUT2D eigenvalue weighted by atomic mass is 10.0. The van der Waals surface area contributed by atoms with Crippen LogP contribution in [0.15, 0.2) is 108 Å². The van der Waals surface area contributed by atoms with Crippen LogP contribution in [0.4, 0.5) is 4.39 Å². The highest BCUT2D eigenvalue weighted by Crippen LogP contribution is 2.36. The van der Waals surface area contributed by atoms with Crippen molar-refractivity contribution in [3.63, 3.8) is 0 Å². The number of halogens is 1. The molecular formula is C32H26FNOSi. The van der Waals surface area contributed by atoms with Gasteiger partial charge in [-0.05, 0) is 65.1 Å². The molecular weight excluding hydrogens is 461 g/mol. The van der Waals surface area contributed by atoms with E-state index in [0.717, 1.165) is 43.4 Å². The van der Waals surface area contributed by atoms with Crippen molar-refractivity contribution in [2.45, 2.75) is 19.9 Å². The lowest BCUT2D eigenvalue weighted by Crippen LogP contribution is -2.54. The SMILES string of the molecule is [2H]C([2H])([2H])c1cnc(-c2cccc3c2oc2cc(-c4ccccc4)ccc23)cc1[Si](C)(C)c1ccc(F)cc1. The summed E-state index contributed by atoms with van der Waals surface area (Å²) in [4.78, 5) is 4.63. The van der Waals surface area contributed by atoms with Gasteiger partial charge in [-0.25, -0.2) is 4.39 Å². The zero-order valence-electron chi connectivity index (χ0n) is 23.0. The summed E-state index contributed by atoms with van der Waals surface area (Å²) < 4.78 is 44.7. The Bertz CT molecular complexity index is 1830. The van der Waals surface area contributed by atoms with Crippen LogP contribution in [-0.2, 0) is 0 Å². The molecule has 0 amide bonds. The van der Waals surface area contributed by atoms with Gasteiger partial charge in [-0.2, -0.15) is 0 Å². The highest BCUT2D eigenvalue weighted by atomic mass is 28.3. The Kier molecular flexibility index (Phi) is 4.57. The van der Waals surface area contributed by atoms with Crippen LogP contribution in [0, 0.1) is 12.7 Å². The van der Waals surface area contributed by atoms with E-state index in [0.29, 0.717) is 11.3 Å². The fraction of sp³-hybridized carbons (Fsp3) is 0.0938. The Morgan fingerprint density at radius 3 is 2.39 bits per heavy atom. The molecule has 0 radical (unpaired) electrons. The topological polar surface area (TPSA) is 26.0 Å². The standard InChI is InChI=1S/C32H26FNOSi/c1-21-20-34-29(19-31(21)36(2,3)25-15-13-24(33)14-16-25)28-11-7-10-27-26-17-12-23(18-30(26)35-32(27)28)22-8-5-4-6-9-22/h4-20H,1-3H3/i1D3. The Morgan fingerprint density at radius 1 is 0.806 bits per heavy atom. The van der Waals surface area contributed by atoms with Crippen LogP contribution in [0.5, 0.6) is 0 Å². The van der Waals surface area contributed by atoms with Crippen molar-refractivity contribution < 1.29 is 12.9 Å². The molecule has 0 saturated carbocycles. The minimum absolute atomic E-state index is 0.233. The van der Waals surface area contributed by atoms with Crippen LogP contribution in [-0.4, -0.2) is 13.1 Å². The van der Waals surface area contributed by atoms with Gasteiger partial charge in [-0.15, -0.1) is 0 Å². The van der Waals surface area contributed by atoms with E-state index >= 15 is 0 Å². The number of benzene rings is 4. The molecule has 0 unspecified atom stereocenters. The molecule has 0 spiro atoms. The van der Waals surface area contributed by atoms with E-state index in [2.05, 4.69) is 48.4 Å². The first-order valence-corrected chi connectivity index (χ1v) is 14.9. The predicted molar refractivity (Wildman–Crippen MR) is 150 cm³/mol.